The number of Topliss-reactive ketones (excluding diaryl/α,β-unsaturated/α-hetero) is 1. The Morgan fingerprint density at radius 2 is 1.58 bits per heavy atom. The lowest BCUT2D eigenvalue weighted by Gasteiger charge is -2.39. The van der Waals surface area contributed by atoms with E-state index in [0.717, 1.165) is 10.0 Å². The standard InChI is InChI=1S/C22H19Cl3N2O4/c23-13-12-18(21(30)14-8-10-15(24)11-9-14)26(27-19(28)6-3-7-20(27)29)22(31)16-4-1-2-5-17(16)25/h1-2,4-5,8-11,18H,3,6-7,12-13H2/t18-/m0/s1. The molecule has 1 heterocycles. The molecule has 31 heavy (non-hydrogen) atoms. The van der Waals surface area contributed by atoms with Gasteiger partial charge in [0.25, 0.3) is 5.91 Å². The summed E-state index contributed by atoms with van der Waals surface area (Å²) in [5.41, 5.74) is 0.340. The number of hydrogen-bond donors (Lipinski definition) is 0. The Hall–Kier alpha value is -2.41. The third-order valence-corrected chi connectivity index (χ3v) is 5.69. The molecular formula is C22H19Cl3N2O4. The smallest absolute Gasteiger partial charge is 0.275 e. The lowest BCUT2D eigenvalue weighted by molar-refractivity contribution is -0.165. The van der Waals surface area contributed by atoms with Crippen molar-refractivity contribution in [1.82, 2.24) is 10.0 Å². The number of hydrazine groups is 1. The second-order valence-electron chi connectivity index (χ2n) is 6.95. The van der Waals surface area contributed by atoms with E-state index in [-0.39, 0.29) is 41.3 Å². The van der Waals surface area contributed by atoms with Crippen LogP contribution in [0.4, 0.5) is 0 Å². The van der Waals surface area contributed by atoms with Crippen LogP contribution in [0.1, 0.15) is 46.4 Å². The van der Waals surface area contributed by atoms with E-state index in [1.54, 1.807) is 24.3 Å². The van der Waals surface area contributed by atoms with E-state index < -0.39 is 29.5 Å². The maximum absolute atomic E-state index is 13.5. The van der Waals surface area contributed by atoms with Crippen LogP contribution in [0.2, 0.25) is 10.0 Å². The van der Waals surface area contributed by atoms with Gasteiger partial charge in [0.15, 0.2) is 5.78 Å². The predicted octanol–water partition coefficient (Wildman–Crippen LogP) is 4.77. The number of halogens is 3. The van der Waals surface area contributed by atoms with Crippen molar-refractivity contribution >= 4 is 58.3 Å². The average Bonchev–Trinajstić information content (AvgIpc) is 2.75. The van der Waals surface area contributed by atoms with E-state index in [0.29, 0.717) is 11.4 Å². The van der Waals surface area contributed by atoms with Crippen LogP contribution < -0.4 is 0 Å². The number of ketones is 1. The molecule has 3 amide bonds. The summed E-state index contributed by atoms with van der Waals surface area (Å²) in [5, 5.41) is 2.28. The Kier molecular flexibility index (Phi) is 7.70. The Bertz CT molecular complexity index is 994. The largest absolute Gasteiger partial charge is 0.292 e. The fourth-order valence-corrected chi connectivity index (χ4v) is 3.94. The summed E-state index contributed by atoms with van der Waals surface area (Å²) in [6, 6.07) is 11.2. The summed E-state index contributed by atoms with van der Waals surface area (Å²) >= 11 is 18.1. The van der Waals surface area contributed by atoms with Gasteiger partial charge in [-0.1, -0.05) is 35.3 Å². The number of carbonyl (C=O) groups excluding carboxylic acids is 4. The molecular weight excluding hydrogens is 463 g/mol. The molecule has 1 fully saturated rings. The Labute approximate surface area is 194 Å². The van der Waals surface area contributed by atoms with Crippen LogP contribution in [0.3, 0.4) is 0 Å². The summed E-state index contributed by atoms with van der Waals surface area (Å²) in [6.45, 7) is 0. The van der Waals surface area contributed by atoms with E-state index in [1.807, 2.05) is 0 Å². The zero-order valence-corrected chi connectivity index (χ0v) is 18.7. The SMILES string of the molecule is O=C(c1ccc(Cl)cc1)[C@H](CCCl)N(C(=O)c1ccccc1Cl)N1C(=O)CCCC1=O. The van der Waals surface area contributed by atoms with Gasteiger partial charge in [0.1, 0.15) is 6.04 Å². The first-order valence-electron chi connectivity index (χ1n) is 9.64. The van der Waals surface area contributed by atoms with E-state index in [4.69, 9.17) is 34.8 Å². The van der Waals surface area contributed by atoms with Crippen molar-refractivity contribution in [2.75, 3.05) is 5.88 Å². The number of benzene rings is 2. The van der Waals surface area contributed by atoms with Gasteiger partial charge in [0.2, 0.25) is 11.8 Å². The first kappa shape index (κ1) is 23.3. The van der Waals surface area contributed by atoms with E-state index in [1.165, 1.54) is 24.3 Å². The number of imide groups is 1. The molecule has 2 aromatic carbocycles. The molecule has 0 spiro atoms. The first-order valence-corrected chi connectivity index (χ1v) is 10.9. The quantitative estimate of drug-likeness (QED) is 0.324. The van der Waals surface area contributed by atoms with Gasteiger partial charge in [-0.25, -0.2) is 5.01 Å². The number of nitrogens with zero attached hydrogens (tertiary/aromatic N) is 2. The monoisotopic (exact) mass is 480 g/mol. The third-order valence-electron chi connectivity index (χ3n) is 4.89. The van der Waals surface area contributed by atoms with Gasteiger partial charge in [-0.05, 0) is 49.2 Å². The van der Waals surface area contributed by atoms with Crippen LogP contribution in [0.25, 0.3) is 0 Å². The summed E-state index contributed by atoms with van der Waals surface area (Å²) in [6.07, 6.45) is 0.575. The minimum Gasteiger partial charge on any atom is -0.292 e. The maximum Gasteiger partial charge on any atom is 0.275 e. The van der Waals surface area contributed by atoms with Crippen LogP contribution in [0.5, 0.6) is 0 Å². The highest BCUT2D eigenvalue weighted by molar-refractivity contribution is 6.34. The fraction of sp³-hybridized carbons (Fsp3) is 0.273. The summed E-state index contributed by atoms with van der Waals surface area (Å²) in [4.78, 5) is 52.3. The maximum atomic E-state index is 13.5. The van der Waals surface area contributed by atoms with Crippen molar-refractivity contribution < 1.29 is 19.2 Å². The Balaban J connectivity index is 2.11. The highest BCUT2D eigenvalue weighted by atomic mass is 35.5. The lowest BCUT2D eigenvalue weighted by Crippen LogP contribution is -2.60. The zero-order valence-electron chi connectivity index (χ0n) is 16.4. The number of rotatable bonds is 7. The topological polar surface area (TPSA) is 74.8 Å². The van der Waals surface area contributed by atoms with E-state index in [2.05, 4.69) is 0 Å². The predicted molar refractivity (Wildman–Crippen MR) is 118 cm³/mol. The van der Waals surface area contributed by atoms with E-state index >= 15 is 0 Å². The van der Waals surface area contributed by atoms with Crippen LogP contribution in [0.15, 0.2) is 48.5 Å². The summed E-state index contributed by atoms with van der Waals surface area (Å²) in [7, 11) is 0. The minimum atomic E-state index is -1.19. The molecule has 0 radical (unpaired) electrons. The van der Waals surface area contributed by atoms with Crippen molar-refractivity contribution in [1.29, 1.82) is 0 Å². The molecule has 0 N–H and O–H groups in total. The zero-order chi connectivity index (χ0) is 22.5. The molecule has 3 rings (SSSR count). The van der Waals surface area contributed by atoms with Gasteiger partial charge in [0, 0.05) is 29.3 Å². The number of alkyl halides is 1. The van der Waals surface area contributed by atoms with Gasteiger partial charge < -0.3 is 0 Å². The average molecular weight is 482 g/mol. The van der Waals surface area contributed by atoms with Gasteiger partial charge in [-0.2, -0.15) is 5.01 Å². The lowest BCUT2D eigenvalue weighted by atomic mass is 10.00. The van der Waals surface area contributed by atoms with Crippen LogP contribution in [-0.4, -0.2) is 45.4 Å². The molecule has 162 valence electrons. The Morgan fingerprint density at radius 3 is 2.16 bits per heavy atom. The van der Waals surface area contributed by atoms with Crippen molar-refractivity contribution in [2.45, 2.75) is 31.7 Å². The second kappa shape index (κ2) is 10.3. The normalized spacial score (nSPS) is 15.0. The molecule has 0 aromatic heterocycles. The van der Waals surface area contributed by atoms with E-state index in [9.17, 15) is 19.2 Å². The summed E-state index contributed by atoms with van der Waals surface area (Å²) < 4.78 is 0. The molecule has 6 nitrogen and oxygen atoms in total. The molecule has 1 atom stereocenters. The molecule has 0 saturated carbocycles. The molecule has 0 bridgehead atoms. The second-order valence-corrected chi connectivity index (χ2v) is 8.17. The number of amides is 3. The van der Waals surface area contributed by atoms with Crippen LogP contribution >= 0.6 is 34.8 Å². The minimum absolute atomic E-state index is 0.0204. The van der Waals surface area contributed by atoms with Crippen LogP contribution in [-0.2, 0) is 9.59 Å². The molecule has 0 unspecified atom stereocenters. The number of carbonyl (C=O) groups is 4. The molecule has 1 aliphatic rings. The molecule has 1 saturated heterocycles. The molecule has 2 aromatic rings. The van der Waals surface area contributed by atoms with Gasteiger partial charge in [-0.15, -0.1) is 11.6 Å². The molecule has 0 aliphatic carbocycles. The number of piperidine rings is 1. The van der Waals surface area contributed by atoms with Crippen molar-refractivity contribution in [2.24, 2.45) is 0 Å². The van der Waals surface area contributed by atoms with Gasteiger partial charge >= 0.3 is 0 Å². The highest BCUT2D eigenvalue weighted by Crippen LogP contribution is 2.26. The first-order chi connectivity index (χ1) is 14.8. The van der Waals surface area contributed by atoms with Crippen molar-refractivity contribution in [3.05, 3.63) is 69.7 Å². The van der Waals surface area contributed by atoms with Gasteiger partial charge in [0.05, 0.1) is 10.6 Å². The van der Waals surface area contributed by atoms with Crippen LogP contribution in [0, 0.1) is 0 Å². The van der Waals surface area contributed by atoms with Crippen molar-refractivity contribution in [3.63, 3.8) is 0 Å². The van der Waals surface area contributed by atoms with Gasteiger partial charge in [-0.3, -0.25) is 19.2 Å². The highest BCUT2D eigenvalue weighted by Gasteiger charge is 2.42. The molecule has 9 heteroatoms. The van der Waals surface area contributed by atoms with Crippen molar-refractivity contribution in [3.8, 4) is 0 Å². The number of hydrogen-bond acceptors (Lipinski definition) is 4. The Morgan fingerprint density at radius 1 is 0.968 bits per heavy atom. The molecule has 1 aliphatic heterocycles. The summed E-state index contributed by atoms with van der Waals surface area (Å²) in [5.74, 6) is -2.29. The third kappa shape index (κ3) is 5.09. The fourth-order valence-electron chi connectivity index (χ4n) is 3.39.